The molecule has 0 radical (unpaired) electrons. The van der Waals surface area contributed by atoms with Crippen LogP contribution in [0.5, 0.6) is 0 Å². The molecule has 0 aliphatic heterocycles. The number of aryl methyl sites for hydroxylation is 1. The van der Waals surface area contributed by atoms with E-state index in [0.29, 0.717) is 5.56 Å². The lowest BCUT2D eigenvalue weighted by Crippen LogP contribution is -2.10. The minimum Gasteiger partial charge on any atom is -0.419 e. The maximum Gasteiger partial charge on any atom is 0.234 e. The SMILES string of the molecule is Cc1ccc(S(=O)(=O)c2nc(-c3ccccc3)oc2NC(C)c2ccccc2)cc1. The van der Waals surface area contributed by atoms with E-state index in [9.17, 15) is 8.42 Å². The van der Waals surface area contributed by atoms with E-state index in [1.54, 1.807) is 24.3 Å². The number of benzene rings is 3. The van der Waals surface area contributed by atoms with Gasteiger partial charge in [-0.25, -0.2) is 8.42 Å². The summed E-state index contributed by atoms with van der Waals surface area (Å²) in [6.07, 6.45) is 0. The van der Waals surface area contributed by atoms with E-state index in [0.717, 1.165) is 11.1 Å². The summed E-state index contributed by atoms with van der Waals surface area (Å²) >= 11 is 0. The molecule has 5 nitrogen and oxygen atoms in total. The Morgan fingerprint density at radius 1 is 0.867 bits per heavy atom. The van der Waals surface area contributed by atoms with Crippen molar-refractivity contribution >= 4 is 15.7 Å². The van der Waals surface area contributed by atoms with Crippen molar-refractivity contribution in [2.24, 2.45) is 0 Å². The quantitative estimate of drug-likeness (QED) is 0.438. The number of nitrogens with one attached hydrogen (secondary N) is 1. The lowest BCUT2D eigenvalue weighted by molar-refractivity contribution is 0.570. The van der Waals surface area contributed by atoms with E-state index in [1.807, 2.05) is 74.5 Å². The Morgan fingerprint density at radius 3 is 2.10 bits per heavy atom. The summed E-state index contributed by atoms with van der Waals surface area (Å²) in [6.45, 7) is 3.86. The summed E-state index contributed by atoms with van der Waals surface area (Å²) in [4.78, 5) is 4.56. The Labute approximate surface area is 176 Å². The van der Waals surface area contributed by atoms with E-state index < -0.39 is 9.84 Å². The monoisotopic (exact) mass is 418 g/mol. The van der Waals surface area contributed by atoms with Crippen LogP contribution >= 0.6 is 0 Å². The topological polar surface area (TPSA) is 72.2 Å². The highest BCUT2D eigenvalue weighted by atomic mass is 32.2. The van der Waals surface area contributed by atoms with E-state index in [1.165, 1.54) is 0 Å². The Hall–Kier alpha value is -3.38. The van der Waals surface area contributed by atoms with Gasteiger partial charge in [0.05, 0.1) is 10.9 Å². The number of hydrogen-bond acceptors (Lipinski definition) is 5. The number of oxazole rings is 1. The van der Waals surface area contributed by atoms with Crippen molar-refractivity contribution in [2.75, 3.05) is 5.32 Å². The number of rotatable bonds is 6. The van der Waals surface area contributed by atoms with Gasteiger partial charge in [-0.3, -0.25) is 0 Å². The molecule has 0 aliphatic carbocycles. The van der Waals surface area contributed by atoms with Crippen LogP contribution in [-0.4, -0.2) is 13.4 Å². The van der Waals surface area contributed by atoms with Gasteiger partial charge in [0.25, 0.3) is 0 Å². The molecule has 4 aromatic rings. The molecule has 0 saturated heterocycles. The zero-order valence-electron chi connectivity index (χ0n) is 16.7. The van der Waals surface area contributed by atoms with Crippen LogP contribution in [0.3, 0.4) is 0 Å². The first kappa shape index (κ1) is 19.9. The van der Waals surface area contributed by atoms with E-state index in [-0.39, 0.29) is 27.7 Å². The summed E-state index contributed by atoms with van der Waals surface area (Å²) < 4.78 is 32.7. The second-order valence-corrected chi connectivity index (χ2v) is 8.98. The van der Waals surface area contributed by atoms with E-state index >= 15 is 0 Å². The van der Waals surface area contributed by atoms with E-state index in [2.05, 4.69) is 10.3 Å². The largest absolute Gasteiger partial charge is 0.419 e. The van der Waals surface area contributed by atoms with Crippen LogP contribution in [-0.2, 0) is 9.84 Å². The number of anilines is 1. The fraction of sp³-hybridized carbons (Fsp3) is 0.125. The molecule has 1 heterocycles. The lowest BCUT2D eigenvalue weighted by atomic mass is 10.1. The van der Waals surface area contributed by atoms with Gasteiger partial charge in [0.1, 0.15) is 0 Å². The predicted octanol–water partition coefficient (Wildman–Crippen LogP) is 5.66. The molecule has 0 fully saturated rings. The van der Waals surface area contributed by atoms with Gasteiger partial charge in [0.2, 0.25) is 26.6 Å². The van der Waals surface area contributed by atoms with Crippen molar-refractivity contribution in [1.82, 2.24) is 4.98 Å². The molecule has 0 amide bonds. The number of nitrogens with zero attached hydrogens (tertiary/aromatic N) is 1. The zero-order chi connectivity index (χ0) is 21.1. The highest BCUT2D eigenvalue weighted by molar-refractivity contribution is 7.91. The number of hydrogen-bond donors (Lipinski definition) is 1. The first-order chi connectivity index (χ1) is 14.4. The first-order valence-electron chi connectivity index (χ1n) is 9.64. The van der Waals surface area contributed by atoms with Gasteiger partial charge in [0, 0.05) is 5.56 Å². The average Bonchev–Trinajstić information content (AvgIpc) is 3.20. The third kappa shape index (κ3) is 4.00. The van der Waals surface area contributed by atoms with Crippen molar-refractivity contribution in [3.63, 3.8) is 0 Å². The molecule has 152 valence electrons. The fourth-order valence-corrected chi connectivity index (χ4v) is 4.40. The molecule has 1 atom stereocenters. The highest BCUT2D eigenvalue weighted by Gasteiger charge is 2.29. The smallest absolute Gasteiger partial charge is 0.234 e. The molecule has 1 unspecified atom stereocenters. The first-order valence-corrected chi connectivity index (χ1v) is 11.1. The van der Waals surface area contributed by atoms with Crippen LogP contribution in [0.1, 0.15) is 24.1 Å². The van der Waals surface area contributed by atoms with Crippen molar-refractivity contribution in [1.29, 1.82) is 0 Å². The minimum absolute atomic E-state index is 0.118. The molecule has 3 aromatic carbocycles. The van der Waals surface area contributed by atoms with Crippen LogP contribution in [0.2, 0.25) is 0 Å². The molecule has 0 aliphatic rings. The van der Waals surface area contributed by atoms with Gasteiger partial charge in [-0.05, 0) is 43.7 Å². The summed E-state index contributed by atoms with van der Waals surface area (Å²) in [7, 11) is -3.87. The van der Waals surface area contributed by atoms with Crippen molar-refractivity contribution in [3.8, 4) is 11.5 Å². The van der Waals surface area contributed by atoms with Crippen LogP contribution < -0.4 is 5.32 Å². The second kappa shape index (κ2) is 8.16. The lowest BCUT2D eigenvalue weighted by Gasteiger charge is -2.14. The van der Waals surface area contributed by atoms with Crippen LogP contribution in [0, 0.1) is 6.92 Å². The van der Waals surface area contributed by atoms with Crippen LogP contribution in [0.25, 0.3) is 11.5 Å². The summed E-state index contributed by atoms with van der Waals surface area (Å²) in [5, 5.41) is 3.08. The van der Waals surface area contributed by atoms with Crippen LogP contribution in [0.15, 0.2) is 99.3 Å². The van der Waals surface area contributed by atoms with Gasteiger partial charge in [-0.1, -0.05) is 66.2 Å². The maximum atomic E-state index is 13.4. The molecule has 30 heavy (non-hydrogen) atoms. The van der Waals surface area contributed by atoms with Crippen molar-refractivity contribution in [2.45, 2.75) is 29.8 Å². The van der Waals surface area contributed by atoms with Gasteiger partial charge in [0.15, 0.2) is 0 Å². The van der Waals surface area contributed by atoms with Gasteiger partial charge < -0.3 is 9.73 Å². The minimum atomic E-state index is -3.87. The van der Waals surface area contributed by atoms with Gasteiger partial charge in [-0.2, -0.15) is 4.98 Å². The molecule has 4 rings (SSSR count). The molecule has 1 aromatic heterocycles. The van der Waals surface area contributed by atoms with Crippen LogP contribution in [0.4, 0.5) is 5.88 Å². The predicted molar refractivity (Wildman–Crippen MR) is 117 cm³/mol. The summed E-state index contributed by atoms with van der Waals surface area (Å²) in [5.74, 6) is 0.384. The highest BCUT2D eigenvalue weighted by Crippen LogP contribution is 2.34. The number of aromatic nitrogens is 1. The van der Waals surface area contributed by atoms with Gasteiger partial charge >= 0.3 is 0 Å². The third-order valence-corrected chi connectivity index (χ3v) is 6.53. The molecular formula is C24H22N2O3S. The Bertz CT molecular complexity index is 1230. The van der Waals surface area contributed by atoms with Crippen molar-refractivity contribution < 1.29 is 12.8 Å². The molecule has 6 heteroatoms. The maximum absolute atomic E-state index is 13.4. The molecular weight excluding hydrogens is 396 g/mol. The van der Waals surface area contributed by atoms with E-state index in [4.69, 9.17) is 4.42 Å². The average molecular weight is 419 g/mol. The molecule has 0 saturated carbocycles. The molecule has 0 bridgehead atoms. The molecule has 0 spiro atoms. The fourth-order valence-electron chi connectivity index (χ4n) is 3.13. The summed E-state index contributed by atoms with van der Waals surface area (Å²) in [5.41, 5.74) is 2.70. The standard InChI is InChI=1S/C24H22N2O3S/c1-17-13-15-21(16-14-17)30(27,28)24-23(25-18(2)19-9-5-3-6-10-19)29-22(26-24)20-11-7-4-8-12-20/h3-16,18,25H,1-2H3. The zero-order valence-corrected chi connectivity index (χ0v) is 17.6. The Kier molecular flexibility index (Phi) is 5.42. The third-order valence-electron chi connectivity index (χ3n) is 4.85. The normalized spacial score (nSPS) is 12.5. The van der Waals surface area contributed by atoms with Crippen molar-refractivity contribution in [3.05, 3.63) is 96.1 Å². The Balaban J connectivity index is 1.79. The number of sulfone groups is 1. The Morgan fingerprint density at radius 2 is 1.47 bits per heavy atom. The molecule has 1 N–H and O–H groups in total. The van der Waals surface area contributed by atoms with Gasteiger partial charge in [-0.15, -0.1) is 0 Å². The summed E-state index contributed by atoms with van der Waals surface area (Å²) in [6, 6.07) is 25.6. The second-order valence-electron chi connectivity index (χ2n) is 7.11.